The largest absolute Gasteiger partial charge is 2.00 e. The first kappa shape index (κ1) is 15.8. The van der Waals surface area contributed by atoms with Gasteiger partial charge in [-0.05, 0) is 0 Å². The molecule has 0 rings (SSSR count). The van der Waals surface area contributed by atoms with E-state index in [2.05, 4.69) is 0 Å². The van der Waals surface area contributed by atoms with Crippen LogP contribution in [-0.4, -0.2) is 10.2 Å². The minimum absolute atomic E-state index is 0. The molecule has 1 radical (unpaired) electrons. The summed E-state index contributed by atoms with van der Waals surface area (Å²) in [6, 6.07) is 0. The van der Waals surface area contributed by atoms with E-state index in [4.69, 9.17) is 30.6 Å². The zero-order valence-corrected chi connectivity index (χ0v) is 7.55. The molecule has 0 saturated heterocycles. The summed E-state index contributed by atoms with van der Waals surface area (Å²) in [6.45, 7) is 0. The minimum atomic E-state index is -1.75. The number of nitrogens with zero attached hydrogens (tertiary/aromatic N) is 2. The second kappa shape index (κ2) is 10.6. The van der Waals surface area contributed by atoms with Gasteiger partial charge in [-0.25, -0.2) is 0 Å². The Labute approximate surface area is 76.3 Å². The van der Waals surface area contributed by atoms with Gasteiger partial charge in [-0.15, -0.1) is 0 Å². The Morgan fingerprint density at radius 2 is 0.778 bits per heavy atom. The maximum Gasteiger partial charge on any atom is 2.00 e. The van der Waals surface area contributed by atoms with E-state index in [0.29, 0.717) is 0 Å². The van der Waals surface area contributed by atoms with Gasteiger partial charge < -0.3 is 30.6 Å². The third kappa shape index (κ3) is 1450. The van der Waals surface area contributed by atoms with E-state index in [9.17, 15) is 0 Å². The van der Waals surface area contributed by atoms with Crippen LogP contribution in [0.25, 0.3) is 0 Å². The summed E-state index contributed by atoms with van der Waals surface area (Å²) < 4.78 is 0. The molecule has 0 aliphatic carbocycles. The summed E-state index contributed by atoms with van der Waals surface area (Å²) in [7, 11) is 0. The van der Waals surface area contributed by atoms with Crippen molar-refractivity contribution in [2.24, 2.45) is 0 Å². The summed E-state index contributed by atoms with van der Waals surface area (Å²) in [4.78, 5) is 16.5. The monoisotopic (exact) mass is 263 g/mol. The fourth-order valence-corrected chi connectivity index (χ4v) is 0. The van der Waals surface area contributed by atoms with Crippen LogP contribution in [0.2, 0.25) is 0 Å². The second-order valence-corrected chi connectivity index (χ2v) is 0.447. The van der Waals surface area contributed by atoms with Gasteiger partial charge in [0.1, 0.15) is 0 Å². The Morgan fingerprint density at radius 3 is 0.778 bits per heavy atom. The van der Waals surface area contributed by atoms with Crippen LogP contribution >= 0.6 is 0 Å². The molecule has 0 aromatic rings. The molecule has 0 heterocycles. The Bertz CT molecular complexity index is 69.1. The van der Waals surface area contributed by atoms with E-state index in [1.807, 2.05) is 0 Å². The third-order valence-corrected chi connectivity index (χ3v) is 0. The van der Waals surface area contributed by atoms with E-state index < -0.39 is 10.2 Å². The van der Waals surface area contributed by atoms with Crippen molar-refractivity contribution in [3.8, 4) is 0 Å². The molecular weight excluding hydrogens is 263 g/mol. The van der Waals surface area contributed by atoms with E-state index in [-0.39, 0.29) is 35.6 Å². The minimum Gasteiger partial charge on any atom is -0.356 e. The molecular formula is LaN2O6. The fourth-order valence-electron chi connectivity index (χ4n) is 0. The van der Waals surface area contributed by atoms with Gasteiger partial charge in [-0.3, -0.25) is 0 Å². The number of hydrogen-bond donors (Lipinski definition) is 0. The molecule has 0 aromatic carbocycles. The molecule has 0 amide bonds. The Morgan fingerprint density at radius 1 is 0.778 bits per heavy atom. The first-order valence-corrected chi connectivity index (χ1v) is 1.10. The predicted molar refractivity (Wildman–Crippen MR) is 20.7 cm³/mol. The van der Waals surface area contributed by atoms with Gasteiger partial charge in [0.25, 0.3) is 0 Å². The molecule has 0 spiro atoms. The Hall–Kier alpha value is -0.405. The van der Waals surface area contributed by atoms with Crippen LogP contribution in [0.4, 0.5) is 0 Å². The van der Waals surface area contributed by atoms with Crippen LogP contribution in [0.3, 0.4) is 0 Å². The summed E-state index contributed by atoms with van der Waals surface area (Å²) >= 11 is 0. The predicted octanol–water partition coefficient (Wildman–Crippen LogP) is -0.478. The molecule has 0 fully saturated rings. The van der Waals surface area contributed by atoms with E-state index in [1.54, 1.807) is 0 Å². The van der Waals surface area contributed by atoms with E-state index in [1.165, 1.54) is 0 Å². The van der Waals surface area contributed by atoms with E-state index in [0.717, 1.165) is 0 Å². The van der Waals surface area contributed by atoms with Crippen molar-refractivity contribution < 1.29 is 45.8 Å². The first-order chi connectivity index (χ1) is 3.46. The Balaban J connectivity index is -0.0000000720. The van der Waals surface area contributed by atoms with Crippen LogP contribution in [-0.2, 0) is 0 Å². The van der Waals surface area contributed by atoms with Gasteiger partial charge in [-0.2, -0.15) is 0 Å². The Kier molecular flexibility index (Phi) is 18.6. The topological polar surface area (TPSA) is 132 Å². The maximum atomic E-state index is 8.25. The molecule has 0 atom stereocenters. The van der Waals surface area contributed by atoms with Crippen molar-refractivity contribution >= 4 is 0 Å². The van der Waals surface area contributed by atoms with Crippen molar-refractivity contribution in [1.82, 2.24) is 0 Å². The van der Waals surface area contributed by atoms with Crippen LogP contribution in [0.5, 0.6) is 0 Å². The molecule has 0 saturated carbocycles. The standard InChI is InChI=1S/La.2NO3/c;2*2-1(3)4/q+2;2*-1. The average Bonchev–Trinajstić information content (AvgIpc) is 1.25. The smallest absolute Gasteiger partial charge is 0.356 e. The normalized spacial score (nSPS) is 5.33. The maximum absolute atomic E-state index is 8.25. The summed E-state index contributed by atoms with van der Waals surface area (Å²) in [6.07, 6.45) is 0. The van der Waals surface area contributed by atoms with Crippen LogP contribution in [0.1, 0.15) is 0 Å². The number of hydrogen-bond acceptors (Lipinski definition) is 6. The zero-order chi connectivity index (χ0) is 7.15. The molecule has 9 heavy (non-hydrogen) atoms. The molecule has 0 N–H and O–H groups in total. The van der Waals surface area contributed by atoms with Gasteiger partial charge in [0.05, 0.1) is 10.2 Å². The molecule has 0 bridgehead atoms. The SMILES string of the molecule is O=[N+]([O-])[O-].O=[N+]([O-])[O-].[La+2]. The molecule has 0 unspecified atom stereocenters. The summed E-state index contributed by atoms with van der Waals surface area (Å²) in [5.41, 5.74) is 0. The fraction of sp³-hybridized carbons (Fsp3) is 0. The van der Waals surface area contributed by atoms with Crippen molar-refractivity contribution in [2.75, 3.05) is 0 Å². The van der Waals surface area contributed by atoms with Gasteiger partial charge in [0.2, 0.25) is 0 Å². The molecule has 0 aliphatic rings. The molecule has 49 valence electrons. The van der Waals surface area contributed by atoms with E-state index >= 15 is 0 Å². The summed E-state index contributed by atoms with van der Waals surface area (Å²) in [5.74, 6) is 0. The molecule has 0 aromatic heterocycles. The van der Waals surface area contributed by atoms with Crippen molar-refractivity contribution in [3.05, 3.63) is 30.6 Å². The number of rotatable bonds is 0. The molecule has 8 nitrogen and oxygen atoms in total. The summed E-state index contributed by atoms with van der Waals surface area (Å²) in [5, 5.41) is 29.5. The quantitative estimate of drug-likeness (QED) is 0.428. The van der Waals surface area contributed by atoms with Gasteiger partial charge in [-0.1, -0.05) is 0 Å². The van der Waals surface area contributed by atoms with Crippen molar-refractivity contribution in [3.63, 3.8) is 0 Å². The first-order valence-electron chi connectivity index (χ1n) is 1.10. The van der Waals surface area contributed by atoms with Crippen LogP contribution < -0.4 is 0 Å². The average molecular weight is 263 g/mol. The molecule has 9 heteroatoms. The molecule has 0 aliphatic heterocycles. The van der Waals surface area contributed by atoms with Gasteiger partial charge in [0.15, 0.2) is 0 Å². The van der Waals surface area contributed by atoms with Crippen molar-refractivity contribution in [2.45, 2.75) is 0 Å². The van der Waals surface area contributed by atoms with Gasteiger partial charge >= 0.3 is 35.6 Å². The van der Waals surface area contributed by atoms with Crippen LogP contribution in [0, 0.1) is 66.2 Å². The van der Waals surface area contributed by atoms with Gasteiger partial charge in [0, 0.05) is 0 Å². The van der Waals surface area contributed by atoms with Crippen molar-refractivity contribution in [1.29, 1.82) is 0 Å². The third-order valence-electron chi connectivity index (χ3n) is 0. The van der Waals surface area contributed by atoms with Crippen LogP contribution in [0.15, 0.2) is 0 Å². The zero-order valence-electron chi connectivity index (χ0n) is 3.92. The second-order valence-electron chi connectivity index (χ2n) is 0.447.